The second-order valence-electron chi connectivity index (χ2n) is 7.32. The number of hydrogen-bond acceptors (Lipinski definition) is 6. The SMILES string of the molecule is Cn1c(SCC(=O)N2CCCC(C(N)=O)C2)nc2scc(-c3ccccc3)c2c1=O. The van der Waals surface area contributed by atoms with Crippen molar-refractivity contribution in [2.45, 2.75) is 18.0 Å². The first-order valence-electron chi connectivity index (χ1n) is 9.69. The molecule has 2 amide bonds. The van der Waals surface area contributed by atoms with E-state index in [0.29, 0.717) is 28.5 Å². The summed E-state index contributed by atoms with van der Waals surface area (Å²) in [7, 11) is 1.68. The third kappa shape index (κ3) is 3.99. The maximum absolute atomic E-state index is 13.0. The minimum Gasteiger partial charge on any atom is -0.369 e. The van der Waals surface area contributed by atoms with Crippen LogP contribution >= 0.6 is 23.1 Å². The van der Waals surface area contributed by atoms with Gasteiger partial charge < -0.3 is 10.6 Å². The fourth-order valence-electron chi connectivity index (χ4n) is 3.67. The lowest BCUT2D eigenvalue weighted by Crippen LogP contribution is -2.44. The molecule has 30 heavy (non-hydrogen) atoms. The standard InChI is InChI=1S/C21H22N4O3S2/c1-24-20(28)17-15(13-6-3-2-4-7-13)11-29-19(17)23-21(24)30-12-16(26)25-9-5-8-14(10-25)18(22)27/h2-4,6-7,11,14H,5,8-10,12H2,1H3,(H2,22,27). The summed E-state index contributed by atoms with van der Waals surface area (Å²) in [6.45, 7) is 0.991. The van der Waals surface area contributed by atoms with Gasteiger partial charge in [-0.05, 0) is 18.4 Å². The van der Waals surface area contributed by atoms with Crippen LogP contribution in [0.2, 0.25) is 0 Å². The number of thiophene rings is 1. The second kappa shape index (κ2) is 8.61. The average Bonchev–Trinajstić information content (AvgIpc) is 3.19. The molecule has 0 spiro atoms. The summed E-state index contributed by atoms with van der Waals surface area (Å²) >= 11 is 2.67. The quantitative estimate of drug-likeness (QED) is 0.484. The number of nitrogens with zero attached hydrogens (tertiary/aromatic N) is 3. The van der Waals surface area contributed by atoms with Crippen molar-refractivity contribution in [2.75, 3.05) is 18.8 Å². The van der Waals surface area contributed by atoms with Crippen LogP contribution in [-0.4, -0.2) is 45.1 Å². The van der Waals surface area contributed by atoms with Crippen LogP contribution in [0.4, 0.5) is 0 Å². The van der Waals surface area contributed by atoms with Gasteiger partial charge in [0.05, 0.1) is 17.1 Å². The highest BCUT2D eigenvalue weighted by Gasteiger charge is 2.27. The summed E-state index contributed by atoms with van der Waals surface area (Å²) in [5.74, 6) is -0.555. The van der Waals surface area contributed by atoms with Gasteiger partial charge in [0.15, 0.2) is 5.16 Å². The molecule has 3 heterocycles. The molecular formula is C21H22N4O3S2. The monoisotopic (exact) mass is 442 g/mol. The summed E-state index contributed by atoms with van der Waals surface area (Å²) in [5, 5.41) is 3.06. The number of fused-ring (bicyclic) bond motifs is 1. The minimum absolute atomic E-state index is 0.0727. The normalized spacial score (nSPS) is 16.7. The van der Waals surface area contributed by atoms with Gasteiger partial charge >= 0.3 is 0 Å². The van der Waals surface area contributed by atoms with Crippen LogP contribution < -0.4 is 11.3 Å². The lowest BCUT2D eigenvalue weighted by Gasteiger charge is -2.31. The molecule has 156 valence electrons. The van der Waals surface area contributed by atoms with Crippen LogP contribution in [-0.2, 0) is 16.6 Å². The number of primary amides is 1. The third-order valence-electron chi connectivity index (χ3n) is 5.36. The summed E-state index contributed by atoms with van der Waals surface area (Å²) in [6, 6.07) is 9.76. The molecule has 1 aliphatic heterocycles. The highest BCUT2D eigenvalue weighted by atomic mass is 32.2. The highest BCUT2D eigenvalue weighted by molar-refractivity contribution is 7.99. The molecule has 1 aliphatic rings. The zero-order chi connectivity index (χ0) is 21.3. The van der Waals surface area contributed by atoms with E-state index in [1.165, 1.54) is 27.7 Å². The predicted octanol–water partition coefficient (Wildman–Crippen LogP) is 2.48. The highest BCUT2D eigenvalue weighted by Crippen LogP contribution is 2.32. The number of hydrogen-bond donors (Lipinski definition) is 1. The van der Waals surface area contributed by atoms with Crippen molar-refractivity contribution in [1.29, 1.82) is 0 Å². The van der Waals surface area contributed by atoms with Gasteiger partial charge in [0, 0.05) is 31.1 Å². The van der Waals surface area contributed by atoms with Crippen molar-refractivity contribution in [3.8, 4) is 11.1 Å². The Labute approximate surface area is 181 Å². The first-order valence-corrected chi connectivity index (χ1v) is 11.6. The van der Waals surface area contributed by atoms with Crippen molar-refractivity contribution in [2.24, 2.45) is 18.7 Å². The number of likely N-dealkylation sites (tertiary alicyclic amines) is 1. The van der Waals surface area contributed by atoms with Gasteiger partial charge in [-0.2, -0.15) is 0 Å². The minimum atomic E-state index is -0.360. The lowest BCUT2D eigenvalue weighted by molar-refractivity contribution is -0.132. The molecule has 0 aliphatic carbocycles. The molecule has 3 aromatic rings. The first-order chi connectivity index (χ1) is 14.5. The van der Waals surface area contributed by atoms with E-state index in [0.717, 1.165) is 24.0 Å². The van der Waals surface area contributed by atoms with Gasteiger partial charge in [-0.15, -0.1) is 11.3 Å². The average molecular weight is 443 g/mol. The number of rotatable bonds is 5. The fraction of sp³-hybridized carbons (Fsp3) is 0.333. The Kier molecular flexibility index (Phi) is 5.92. The maximum Gasteiger partial charge on any atom is 0.263 e. The Hall–Kier alpha value is -2.65. The van der Waals surface area contributed by atoms with Crippen LogP contribution in [0.25, 0.3) is 21.3 Å². The number of carbonyl (C=O) groups is 2. The first kappa shape index (κ1) is 20.6. The smallest absolute Gasteiger partial charge is 0.263 e. The van der Waals surface area contributed by atoms with E-state index in [1.807, 2.05) is 35.7 Å². The summed E-state index contributed by atoms with van der Waals surface area (Å²) in [6.07, 6.45) is 1.49. The van der Waals surface area contributed by atoms with E-state index in [9.17, 15) is 14.4 Å². The molecule has 2 aromatic heterocycles. The molecule has 1 aromatic carbocycles. The third-order valence-corrected chi connectivity index (χ3v) is 7.25. The van der Waals surface area contributed by atoms with Gasteiger partial charge in [-0.3, -0.25) is 19.0 Å². The molecule has 1 saturated heterocycles. The number of amides is 2. The van der Waals surface area contributed by atoms with Crippen molar-refractivity contribution < 1.29 is 9.59 Å². The molecule has 0 bridgehead atoms. The molecule has 1 unspecified atom stereocenters. The van der Waals surface area contributed by atoms with Gasteiger partial charge in [0.2, 0.25) is 11.8 Å². The zero-order valence-corrected chi connectivity index (χ0v) is 18.2. The van der Waals surface area contributed by atoms with Gasteiger partial charge in [-0.1, -0.05) is 42.1 Å². The Morgan fingerprint density at radius 2 is 2.07 bits per heavy atom. The number of piperidine rings is 1. The van der Waals surface area contributed by atoms with Crippen molar-refractivity contribution in [3.63, 3.8) is 0 Å². The number of nitrogens with two attached hydrogens (primary N) is 1. The summed E-state index contributed by atoms with van der Waals surface area (Å²) < 4.78 is 1.50. The van der Waals surface area contributed by atoms with E-state index >= 15 is 0 Å². The summed E-state index contributed by atoms with van der Waals surface area (Å²) in [5.41, 5.74) is 7.13. The molecule has 9 heteroatoms. The fourth-order valence-corrected chi connectivity index (χ4v) is 5.53. The van der Waals surface area contributed by atoms with E-state index in [1.54, 1.807) is 11.9 Å². The Bertz CT molecular complexity index is 1160. The molecule has 1 atom stereocenters. The Morgan fingerprint density at radius 1 is 1.30 bits per heavy atom. The Balaban J connectivity index is 1.54. The largest absolute Gasteiger partial charge is 0.369 e. The number of aromatic nitrogens is 2. The number of carbonyl (C=O) groups excluding carboxylic acids is 2. The van der Waals surface area contributed by atoms with Crippen LogP contribution in [0.5, 0.6) is 0 Å². The van der Waals surface area contributed by atoms with Gasteiger partial charge in [-0.25, -0.2) is 4.98 Å². The van der Waals surface area contributed by atoms with Gasteiger partial charge in [0.25, 0.3) is 5.56 Å². The van der Waals surface area contributed by atoms with Crippen molar-refractivity contribution >= 4 is 45.1 Å². The van der Waals surface area contributed by atoms with E-state index in [2.05, 4.69) is 4.98 Å². The molecule has 2 N–H and O–H groups in total. The lowest BCUT2D eigenvalue weighted by atomic mass is 9.97. The Morgan fingerprint density at radius 3 is 2.80 bits per heavy atom. The van der Waals surface area contributed by atoms with Crippen LogP contribution in [0.1, 0.15) is 12.8 Å². The molecule has 1 fully saturated rings. The topological polar surface area (TPSA) is 98.3 Å². The number of thioether (sulfide) groups is 1. The maximum atomic E-state index is 13.0. The molecule has 0 radical (unpaired) electrons. The zero-order valence-electron chi connectivity index (χ0n) is 16.5. The molecular weight excluding hydrogens is 420 g/mol. The van der Waals surface area contributed by atoms with Crippen molar-refractivity contribution in [1.82, 2.24) is 14.5 Å². The predicted molar refractivity (Wildman–Crippen MR) is 120 cm³/mol. The van der Waals surface area contributed by atoms with Crippen molar-refractivity contribution in [3.05, 3.63) is 46.1 Å². The van der Waals surface area contributed by atoms with Crippen LogP contribution in [0.3, 0.4) is 0 Å². The van der Waals surface area contributed by atoms with E-state index in [-0.39, 0.29) is 29.0 Å². The van der Waals surface area contributed by atoms with E-state index < -0.39 is 0 Å². The molecule has 7 nitrogen and oxygen atoms in total. The number of benzene rings is 1. The van der Waals surface area contributed by atoms with E-state index in [4.69, 9.17) is 5.73 Å². The second-order valence-corrected chi connectivity index (χ2v) is 9.12. The molecule has 4 rings (SSSR count). The molecule has 0 saturated carbocycles. The summed E-state index contributed by atoms with van der Waals surface area (Å²) in [4.78, 5) is 44.1. The van der Waals surface area contributed by atoms with Gasteiger partial charge in [0.1, 0.15) is 4.83 Å². The van der Waals surface area contributed by atoms with Crippen LogP contribution in [0, 0.1) is 5.92 Å². The van der Waals surface area contributed by atoms with Crippen LogP contribution in [0.15, 0.2) is 45.7 Å².